The first kappa shape index (κ1) is 22.4. The second kappa shape index (κ2) is 10.6. The maximum Gasteiger partial charge on any atom is 0.171 e. The van der Waals surface area contributed by atoms with Crippen LogP contribution in [0.1, 0.15) is 42.1 Å². The van der Waals surface area contributed by atoms with E-state index < -0.39 is 0 Å². The summed E-state index contributed by atoms with van der Waals surface area (Å²) in [4.78, 5) is 1.29. The molecule has 30 heavy (non-hydrogen) atoms. The van der Waals surface area contributed by atoms with E-state index in [4.69, 9.17) is 12.2 Å². The number of rotatable bonds is 7. The third-order valence-electron chi connectivity index (χ3n) is 5.07. The van der Waals surface area contributed by atoms with Crippen molar-refractivity contribution in [3.63, 3.8) is 0 Å². The molecule has 2 nitrogen and oxygen atoms in total. The quantitative estimate of drug-likeness (QED) is 0.301. The van der Waals surface area contributed by atoms with Gasteiger partial charge < -0.3 is 10.6 Å². The van der Waals surface area contributed by atoms with Crippen molar-refractivity contribution in [3.05, 3.63) is 95.1 Å². The Bertz CT molecular complexity index is 966. The van der Waals surface area contributed by atoms with Crippen LogP contribution in [0, 0.1) is 19.8 Å². The lowest BCUT2D eigenvalue weighted by Gasteiger charge is -2.26. The number of aryl methyl sites for hydroxylation is 2. The van der Waals surface area contributed by atoms with Crippen LogP contribution in [-0.4, -0.2) is 5.11 Å². The predicted octanol–water partition coefficient (Wildman–Crippen LogP) is 7.28. The molecular formula is C26H30N2S2. The van der Waals surface area contributed by atoms with Gasteiger partial charge in [0.1, 0.15) is 0 Å². The Morgan fingerprint density at radius 1 is 0.933 bits per heavy atom. The van der Waals surface area contributed by atoms with Crippen molar-refractivity contribution in [3.8, 4) is 0 Å². The van der Waals surface area contributed by atoms with Crippen LogP contribution in [0.15, 0.2) is 77.7 Å². The van der Waals surface area contributed by atoms with Gasteiger partial charge in [-0.2, -0.15) is 0 Å². The summed E-state index contributed by atoms with van der Waals surface area (Å²) >= 11 is 7.47. The van der Waals surface area contributed by atoms with Gasteiger partial charge in [0.15, 0.2) is 5.11 Å². The second-order valence-electron chi connectivity index (χ2n) is 7.98. The molecule has 4 heteroatoms. The minimum Gasteiger partial charge on any atom is -0.355 e. The molecule has 0 aromatic heterocycles. The highest BCUT2D eigenvalue weighted by atomic mass is 32.2. The van der Waals surface area contributed by atoms with Crippen molar-refractivity contribution < 1.29 is 0 Å². The van der Waals surface area contributed by atoms with Crippen LogP contribution in [0.5, 0.6) is 0 Å². The van der Waals surface area contributed by atoms with Gasteiger partial charge in [0.05, 0.1) is 6.04 Å². The Kier molecular flexibility index (Phi) is 7.94. The van der Waals surface area contributed by atoms with Crippen LogP contribution in [0.3, 0.4) is 0 Å². The molecule has 0 spiro atoms. The molecule has 0 unspecified atom stereocenters. The van der Waals surface area contributed by atoms with Crippen molar-refractivity contribution in [2.24, 2.45) is 5.92 Å². The maximum atomic E-state index is 5.62. The fourth-order valence-corrected chi connectivity index (χ4v) is 4.57. The van der Waals surface area contributed by atoms with E-state index in [1.165, 1.54) is 27.1 Å². The largest absolute Gasteiger partial charge is 0.355 e. The zero-order chi connectivity index (χ0) is 21.5. The molecule has 0 fully saturated rings. The number of benzene rings is 3. The Morgan fingerprint density at radius 3 is 2.27 bits per heavy atom. The number of anilines is 1. The summed E-state index contributed by atoms with van der Waals surface area (Å²) in [6, 6.07) is 25.8. The van der Waals surface area contributed by atoms with E-state index in [0.29, 0.717) is 11.0 Å². The zero-order valence-electron chi connectivity index (χ0n) is 18.1. The van der Waals surface area contributed by atoms with Gasteiger partial charge in [0, 0.05) is 16.3 Å². The SMILES string of the molecule is Cc1ccc([C@@H](NC(=S)Nc2ccc(CSc3ccccc3)cc2)C(C)C)c(C)c1. The molecule has 0 aliphatic rings. The molecule has 0 saturated heterocycles. The first-order valence-corrected chi connectivity index (χ1v) is 11.7. The summed E-state index contributed by atoms with van der Waals surface area (Å²) < 4.78 is 0. The Balaban J connectivity index is 1.59. The fourth-order valence-electron chi connectivity index (χ4n) is 3.45. The highest BCUT2D eigenvalue weighted by Gasteiger charge is 2.18. The second-order valence-corrected chi connectivity index (χ2v) is 9.44. The van der Waals surface area contributed by atoms with E-state index in [1.54, 1.807) is 0 Å². The lowest BCUT2D eigenvalue weighted by atomic mass is 9.92. The van der Waals surface area contributed by atoms with E-state index in [2.05, 4.69) is 105 Å². The van der Waals surface area contributed by atoms with Gasteiger partial charge in [0.25, 0.3) is 0 Å². The first-order valence-electron chi connectivity index (χ1n) is 10.3. The molecule has 156 valence electrons. The number of nitrogens with one attached hydrogen (secondary N) is 2. The van der Waals surface area contributed by atoms with Crippen LogP contribution >= 0.6 is 24.0 Å². The smallest absolute Gasteiger partial charge is 0.171 e. The van der Waals surface area contributed by atoms with Gasteiger partial charge >= 0.3 is 0 Å². The van der Waals surface area contributed by atoms with Crippen LogP contribution in [0.4, 0.5) is 5.69 Å². The third kappa shape index (κ3) is 6.35. The van der Waals surface area contributed by atoms with E-state index in [1.807, 2.05) is 17.8 Å². The standard InChI is InChI=1S/C26H30N2S2/c1-18(2)25(24-15-10-19(3)16-20(24)4)28-26(29)27-22-13-11-21(12-14-22)17-30-23-8-6-5-7-9-23/h5-16,18,25H,17H2,1-4H3,(H2,27,28,29)/t25-/m0/s1. The molecule has 0 heterocycles. The summed E-state index contributed by atoms with van der Waals surface area (Å²) in [5.41, 5.74) is 6.18. The lowest BCUT2D eigenvalue weighted by Crippen LogP contribution is -2.35. The summed E-state index contributed by atoms with van der Waals surface area (Å²) in [5.74, 6) is 1.37. The van der Waals surface area contributed by atoms with Crippen molar-refractivity contribution in [2.75, 3.05) is 5.32 Å². The van der Waals surface area contributed by atoms with E-state index >= 15 is 0 Å². The molecule has 0 aliphatic carbocycles. The van der Waals surface area contributed by atoms with Gasteiger partial charge in [0.2, 0.25) is 0 Å². The topological polar surface area (TPSA) is 24.1 Å². The molecule has 0 amide bonds. The van der Waals surface area contributed by atoms with Gasteiger partial charge in [-0.15, -0.1) is 11.8 Å². The molecule has 0 radical (unpaired) electrons. The molecule has 2 N–H and O–H groups in total. The van der Waals surface area contributed by atoms with Gasteiger partial charge in [-0.1, -0.05) is 67.9 Å². The van der Waals surface area contributed by atoms with Crippen LogP contribution in [0.25, 0.3) is 0 Å². The fraction of sp³-hybridized carbons (Fsp3) is 0.269. The number of thiocarbonyl (C=S) groups is 1. The normalized spacial score (nSPS) is 11.9. The minimum atomic E-state index is 0.173. The van der Waals surface area contributed by atoms with Crippen molar-refractivity contribution >= 4 is 34.8 Å². The molecular weight excluding hydrogens is 404 g/mol. The summed E-state index contributed by atoms with van der Waals surface area (Å²) in [7, 11) is 0. The van der Waals surface area contributed by atoms with Crippen LogP contribution < -0.4 is 10.6 Å². The molecule has 0 bridgehead atoms. The van der Waals surface area contributed by atoms with Gasteiger partial charge in [-0.05, 0) is 72.9 Å². The number of hydrogen-bond donors (Lipinski definition) is 2. The van der Waals surface area contributed by atoms with E-state index in [9.17, 15) is 0 Å². The highest BCUT2D eigenvalue weighted by molar-refractivity contribution is 7.98. The Labute approximate surface area is 190 Å². The summed E-state index contributed by atoms with van der Waals surface area (Å²) in [6.45, 7) is 8.74. The third-order valence-corrected chi connectivity index (χ3v) is 6.38. The van der Waals surface area contributed by atoms with E-state index in [-0.39, 0.29) is 6.04 Å². The van der Waals surface area contributed by atoms with Crippen LogP contribution in [-0.2, 0) is 5.75 Å². The molecule has 0 saturated carbocycles. The first-order chi connectivity index (χ1) is 14.4. The average Bonchev–Trinajstić information content (AvgIpc) is 2.72. The molecule has 3 aromatic rings. The Morgan fingerprint density at radius 2 is 1.63 bits per heavy atom. The number of thioether (sulfide) groups is 1. The monoisotopic (exact) mass is 434 g/mol. The Hall–Kier alpha value is -2.30. The highest BCUT2D eigenvalue weighted by Crippen LogP contribution is 2.26. The van der Waals surface area contributed by atoms with Crippen molar-refractivity contribution in [1.82, 2.24) is 5.32 Å². The lowest BCUT2D eigenvalue weighted by molar-refractivity contribution is 0.471. The summed E-state index contributed by atoms with van der Waals surface area (Å²) in [6.07, 6.45) is 0. The summed E-state index contributed by atoms with van der Waals surface area (Å²) in [5, 5.41) is 7.51. The van der Waals surface area contributed by atoms with Crippen molar-refractivity contribution in [1.29, 1.82) is 0 Å². The van der Waals surface area contributed by atoms with Gasteiger partial charge in [-0.3, -0.25) is 0 Å². The minimum absolute atomic E-state index is 0.173. The van der Waals surface area contributed by atoms with Gasteiger partial charge in [-0.25, -0.2) is 0 Å². The zero-order valence-corrected chi connectivity index (χ0v) is 19.7. The molecule has 0 aliphatic heterocycles. The van der Waals surface area contributed by atoms with Crippen LogP contribution in [0.2, 0.25) is 0 Å². The molecule has 1 atom stereocenters. The number of hydrogen-bond acceptors (Lipinski definition) is 2. The molecule has 3 rings (SSSR count). The average molecular weight is 435 g/mol. The maximum absolute atomic E-state index is 5.62. The van der Waals surface area contributed by atoms with Crippen molar-refractivity contribution in [2.45, 2.75) is 44.4 Å². The van der Waals surface area contributed by atoms with E-state index in [0.717, 1.165) is 11.4 Å². The molecule has 3 aromatic carbocycles. The predicted molar refractivity (Wildman–Crippen MR) is 135 cm³/mol.